The van der Waals surface area contributed by atoms with Gasteiger partial charge >= 0.3 is 0 Å². The van der Waals surface area contributed by atoms with Crippen molar-refractivity contribution < 1.29 is 33.8 Å². The summed E-state index contributed by atoms with van der Waals surface area (Å²) in [4.78, 5) is 27.3. The van der Waals surface area contributed by atoms with Gasteiger partial charge in [-0.2, -0.15) is 0 Å². The average Bonchev–Trinajstić information content (AvgIpc) is 2.96. The molecule has 3 rings (SSSR count). The van der Waals surface area contributed by atoms with Crippen molar-refractivity contribution in [3.63, 3.8) is 0 Å². The van der Waals surface area contributed by atoms with Crippen molar-refractivity contribution in [2.45, 2.75) is 25.6 Å². The smallest absolute Gasteiger partial charge is 0.287 e. The third-order valence-electron chi connectivity index (χ3n) is 6.00. The minimum absolute atomic E-state index is 0.0239. The van der Waals surface area contributed by atoms with E-state index in [0.29, 0.717) is 45.2 Å². The first kappa shape index (κ1) is 30.0. The first-order valence-corrected chi connectivity index (χ1v) is 13.0. The molecule has 3 N–H and O–H groups in total. The summed E-state index contributed by atoms with van der Waals surface area (Å²) >= 11 is 0. The Morgan fingerprint density at radius 1 is 1.10 bits per heavy atom. The van der Waals surface area contributed by atoms with E-state index in [0.717, 1.165) is 5.56 Å². The quantitative estimate of drug-likeness (QED) is 0.154. The third kappa shape index (κ3) is 9.59. The lowest BCUT2D eigenvalue weighted by Gasteiger charge is -2.37. The molecule has 0 spiro atoms. The normalized spacial score (nSPS) is 18.6. The van der Waals surface area contributed by atoms with Gasteiger partial charge in [0.2, 0.25) is 6.29 Å². The lowest BCUT2D eigenvalue weighted by molar-refractivity contribution is -0.385. The molecule has 0 saturated carbocycles. The van der Waals surface area contributed by atoms with Gasteiger partial charge in [0.25, 0.3) is 11.6 Å². The number of aliphatic hydroxyl groups excluding tert-OH is 1. The number of carbonyl (C=O) groups excluding carboxylic acids is 1. The Bertz CT molecular complexity index is 1050. The molecule has 1 aliphatic rings. The first-order chi connectivity index (χ1) is 19.0. The number of benzene rings is 1. The van der Waals surface area contributed by atoms with E-state index in [9.17, 15) is 14.9 Å². The number of carbonyl (C=O) groups is 1. The first-order valence-electron chi connectivity index (χ1n) is 13.0. The number of hydrogen-bond donors (Lipinski definition) is 3. The second kappa shape index (κ2) is 16.4. The van der Waals surface area contributed by atoms with Crippen molar-refractivity contribution in [2.24, 2.45) is 5.92 Å². The fraction of sp³-hybridized carbons (Fsp3) is 0.481. The summed E-state index contributed by atoms with van der Waals surface area (Å²) in [6, 6.07) is 12.8. The van der Waals surface area contributed by atoms with Crippen LogP contribution in [0.2, 0.25) is 0 Å². The zero-order valence-electron chi connectivity index (χ0n) is 22.0. The predicted molar refractivity (Wildman–Crippen MR) is 143 cm³/mol. The highest BCUT2D eigenvalue weighted by atomic mass is 16.7. The van der Waals surface area contributed by atoms with E-state index in [1.807, 2.05) is 43.3 Å². The van der Waals surface area contributed by atoms with Crippen molar-refractivity contribution in [3.8, 4) is 0 Å². The van der Waals surface area contributed by atoms with Crippen LogP contribution in [0.1, 0.15) is 24.8 Å². The fourth-order valence-corrected chi connectivity index (χ4v) is 4.15. The van der Waals surface area contributed by atoms with Gasteiger partial charge in [-0.1, -0.05) is 30.3 Å². The van der Waals surface area contributed by atoms with Gasteiger partial charge in [0.15, 0.2) is 5.76 Å². The van der Waals surface area contributed by atoms with Crippen molar-refractivity contribution in [3.05, 3.63) is 76.2 Å². The molecule has 39 heavy (non-hydrogen) atoms. The Labute approximate surface area is 227 Å². The zero-order chi connectivity index (χ0) is 27.9. The standard InChI is InChI=1S/C27H36N4O8/c1-2-38-27-22(10-14-36-16-17-37-15-13-32)23(20-6-4-3-5-7-20)18-24(39-27)26(33)29-12-11-28-25-9-8-21(19-30-25)31(34)35/h3-9,18-19,22-23,27,32H,2,10-17H2,1H3,(H,28,30)(H,29,33). The minimum Gasteiger partial charge on any atom is -0.459 e. The molecule has 1 aromatic heterocycles. The molecule has 0 fully saturated rings. The monoisotopic (exact) mass is 544 g/mol. The maximum Gasteiger partial charge on any atom is 0.287 e. The average molecular weight is 545 g/mol. The number of rotatable bonds is 17. The Hall–Kier alpha value is -3.58. The minimum atomic E-state index is -0.636. The number of hydrogen-bond acceptors (Lipinski definition) is 10. The molecule has 3 atom stereocenters. The number of nitrogens with zero attached hydrogens (tertiary/aromatic N) is 2. The summed E-state index contributed by atoms with van der Waals surface area (Å²) in [5, 5.41) is 25.4. The summed E-state index contributed by atoms with van der Waals surface area (Å²) in [5.74, 6) is 0.0692. The highest BCUT2D eigenvalue weighted by molar-refractivity contribution is 5.91. The molecule has 1 amide bonds. The maximum atomic E-state index is 13.0. The maximum absolute atomic E-state index is 13.0. The van der Waals surface area contributed by atoms with Gasteiger partial charge in [0, 0.05) is 44.2 Å². The fourth-order valence-electron chi connectivity index (χ4n) is 4.15. The van der Waals surface area contributed by atoms with E-state index in [1.165, 1.54) is 18.3 Å². The molecule has 2 aromatic rings. The van der Waals surface area contributed by atoms with Crippen LogP contribution < -0.4 is 10.6 Å². The van der Waals surface area contributed by atoms with Gasteiger partial charge in [-0.05, 0) is 31.1 Å². The number of aromatic nitrogens is 1. The molecule has 2 heterocycles. The number of amides is 1. The number of aliphatic hydroxyl groups is 1. The van der Waals surface area contributed by atoms with Crippen LogP contribution in [0.4, 0.5) is 11.5 Å². The van der Waals surface area contributed by atoms with Gasteiger partial charge in [-0.15, -0.1) is 0 Å². The lowest BCUT2D eigenvalue weighted by Crippen LogP contribution is -2.40. The van der Waals surface area contributed by atoms with Gasteiger partial charge < -0.3 is 34.7 Å². The molecule has 1 aromatic carbocycles. The lowest BCUT2D eigenvalue weighted by atomic mass is 9.81. The molecule has 0 aliphatic carbocycles. The SMILES string of the molecule is CCOC1OC(C(=O)NCCNc2ccc([N+](=O)[O-])cn2)=CC(c2ccccc2)C1CCOCCOCCO. The summed E-state index contributed by atoms with van der Waals surface area (Å²) in [5.41, 5.74) is 0.946. The highest BCUT2D eigenvalue weighted by Gasteiger charge is 2.37. The Kier molecular flexibility index (Phi) is 12.6. The van der Waals surface area contributed by atoms with Gasteiger partial charge in [0.1, 0.15) is 12.0 Å². The number of anilines is 1. The molecule has 212 valence electrons. The van der Waals surface area contributed by atoms with E-state index in [-0.39, 0.29) is 48.9 Å². The van der Waals surface area contributed by atoms with Crippen LogP contribution in [0, 0.1) is 16.0 Å². The number of pyridine rings is 1. The van der Waals surface area contributed by atoms with Crippen LogP contribution >= 0.6 is 0 Å². The van der Waals surface area contributed by atoms with E-state index in [4.69, 9.17) is 24.1 Å². The number of nitro groups is 1. The molecule has 1 aliphatic heterocycles. The van der Waals surface area contributed by atoms with Crippen molar-refractivity contribution >= 4 is 17.4 Å². The van der Waals surface area contributed by atoms with E-state index < -0.39 is 11.2 Å². The second-order valence-corrected chi connectivity index (χ2v) is 8.65. The van der Waals surface area contributed by atoms with Crippen molar-refractivity contribution in [1.82, 2.24) is 10.3 Å². The zero-order valence-corrected chi connectivity index (χ0v) is 22.0. The van der Waals surface area contributed by atoms with Crippen LogP contribution in [0.15, 0.2) is 60.5 Å². The Balaban J connectivity index is 1.61. The number of nitrogens with one attached hydrogen (secondary N) is 2. The Morgan fingerprint density at radius 3 is 2.54 bits per heavy atom. The molecular formula is C27H36N4O8. The van der Waals surface area contributed by atoms with Gasteiger partial charge in [-0.3, -0.25) is 14.9 Å². The van der Waals surface area contributed by atoms with Crippen molar-refractivity contribution in [2.75, 3.05) is 58.0 Å². The second-order valence-electron chi connectivity index (χ2n) is 8.65. The van der Waals surface area contributed by atoms with E-state index in [1.54, 1.807) is 0 Å². The van der Waals surface area contributed by atoms with Gasteiger partial charge in [-0.25, -0.2) is 4.98 Å². The van der Waals surface area contributed by atoms with Crippen LogP contribution in [0.25, 0.3) is 0 Å². The molecule has 12 nitrogen and oxygen atoms in total. The summed E-state index contributed by atoms with van der Waals surface area (Å²) in [7, 11) is 0. The highest BCUT2D eigenvalue weighted by Crippen LogP contribution is 2.38. The largest absolute Gasteiger partial charge is 0.459 e. The molecule has 0 bridgehead atoms. The van der Waals surface area contributed by atoms with Crippen molar-refractivity contribution in [1.29, 1.82) is 0 Å². The molecule has 0 saturated heterocycles. The van der Waals surface area contributed by atoms with Crippen LogP contribution in [0.5, 0.6) is 0 Å². The Morgan fingerprint density at radius 2 is 1.87 bits per heavy atom. The van der Waals surface area contributed by atoms with E-state index >= 15 is 0 Å². The topological polar surface area (TPSA) is 154 Å². The summed E-state index contributed by atoms with van der Waals surface area (Å²) < 4.78 is 22.9. The molecule has 12 heteroatoms. The predicted octanol–water partition coefficient (Wildman–Crippen LogP) is 2.61. The van der Waals surface area contributed by atoms with Crippen LogP contribution in [0.3, 0.4) is 0 Å². The molecule has 0 radical (unpaired) electrons. The van der Waals surface area contributed by atoms with Gasteiger partial charge in [0.05, 0.1) is 31.4 Å². The summed E-state index contributed by atoms with van der Waals surface area (Å²) in [6.07, 6.45) is 3.01. The summed E-state index contributed by atoms with van der Waals surface area (Å²) in [6.45, 7) is 4.47. The van der Waals surface area contributed by atoms with Crippen LogP contribution in [-0.2, 0) is 23.7 Å². The number of allylic oxidation sites excluding steroid dienone is 1. The van der Waals surface area contributed by atoms with E-state index in [2.05, 4.69) is 15.6 Å². The third-order valence-corrected chi connectivity index (χ3v) is 6.00. The number of ether oxygens (including phenoxy) is 4. The van der Waals surface area contributed by atoms with Crippen LogP contribution in [-0.4, -0.2) is 79.9 Å². The molecular weight excluding hydrogens is 508 g/mol. The molecule has 3 unspecified atom stereocenters.